The zero-order valence-corrected chi connectivity index (χ0v) is 5.50. The Morgan fingerprint density at radius 2 is 2.40 bits per heavy atom. The van der Waals surface area contributed by atoms with E-state index in [2.05, 4.69) is 9.97 Å². The highest BCUT2D eigenvalue weighted by Gasteiger charge is 1.97. The van der Waals surface area contributed by atoms with E-state index < -0.39 is 0 Å². The van der Waals surface area contributed by atoms with Gasteiger partial charge in [0.15, 0.2) is 0 Å². The number of nitriles is 1. The summed E-state index contributed by atoms with van der Waals surface area (Å²) < 4.78 is 0. The molecule has 1 aromatic heterocycles. The van der Waals surface area contributed by atoms with Crippen LogP contribution in [0.5, 0.6) is 0 Å². The van der Waals surface area contributed by atoms with Crippen LogP contribution in [0.1, 0.15) is 11.4 Å². The molecule has 2 N–H and O–H groups in total. The van der Waals surface area contributed by atoms with Crippen molar-refractivity contribution < 1.29 is 0 Å². The predicted molar refractivity (Wildman–Crippen MR) is 35.9 cm³/mol. The van der Waals surface area contributed by atoms with Gasteiger partial charge in [-0.3, -0.25) is 0 Å². The molecule has 0 atom stereocenters. The molecule has 0 unspecified atom stereocenters. The van der Waals surface area contributed by atoms with Gasteiger partial charge >= 0.3 is 0 Å². The molecule has 10 heavy (non-hydrogen) atoms. The first-order valence-electron chi connectivity index (χ1n) is 2.73. The Kier molecular flexibility index (Phi) is 1.50. The molecule has 1 rings (SSSR count). The second-order valence-corrected chi connectivity index (χ2v) is 1.83. The molecule has 0 radical (unpaired) electrons. The highest BCUT2D eigenvalue weighted by molar-refractivity contribution is 5.46. The molecule has 0 saturated heterocycles. The van der Waals surface area contributed by atoms with Crippen molar-refractivity contribution in [2.24, 2.45) is 0 Å². The second-order valence-electron chi connectivity index (χ2n) is 1.83. The Hall–Kier alpha value is -1.63. The first-order valence-corrected chi connectivity index (χ1v) is 2.73. The maximum absolute atomic E-state index is 8.40. The summed E-state index contributed by atoms with van der Waals surface area (Å²) in [6.07, 6.45) is 1.41. The van der Waals surface area contributed by atoms with Crippen molar-refractivity contribution in [3.05, 3.63) is 17.6 Å². The zero-order valence-electron chi connectivity index (χ0n) is 5.50. The average molecular weight is 134 g/mol. The molecule has 0 spiro atoms. The molecule has 4 nitrogen and oxygen atoms in total. The molecule has 50 valence electrons. The number of nitrogens with two attached hydrogens (primary N) is 1. The minimum atomic E-state index is 0.245. The van der Waals surface area contributed by atoms with Crippen molar-refractivity contribution >= 4 is 5.82 Å². The standard InChI is InChI=1S/C6H6N4/c1-4-9-3-5(2-7)6(8)10-4/h3H,1H3,(H2,8,9,10). The molecular weight excluding hydrogens is 128 g/mol. The summed E-state index contributed by atoms with van der Waals surface area (Å²) in [5, 5.41) is 8.40. The third kappa shape index (κ3) is 1.03. The van der Waals surface area contributed by atoms with E-state index in [-0.39, 0.29) is 5.82 Å². The van der Waals surface area contributed by atoms with E-state index in [0.717, 1.165) is 0 Å². The summed E-state index contributed by atoms with van der Waals surface area (Å²) in [4.78, 5) is 7.59. The number of nitrogens with zero attached hydrogens (tertiary/aromatic N) is 3. The van der Waals surface area contributed by atoms with Crippen molar-refractivity contribution in [1.82, 2.24) is 9.97 Å². The van der Waals surface area contributed by atoms with E-state index in [9.17, 15) is 0 Å². The Balaban J connectivity index is 3.23. The molecule has 0 amide bonds. The Labute approximate surface area is 58.3 Å². The number of rotatable bonds is 0. The molecule has 0 aromatic carbocycles. The number of hydrogen-bond acceptors (Lipinski definition) is 4. The second kappa shape index (κ2) is 2.31. The first-order chi connectivity index (χ1) is 4.74. The highest BCUT2D eigenvalue weighted by atomic mass is 14.9. The van der Waals surface area contributed by atoms with Gasteiger partial charge in [-0.1, -0.05) is 0 Å². The zero-order chi connectivity index (χ0) is 7.56. The third-order valence-corrected chi connectivity index (χ3v) is 1.06. The Morgan fingerprint density at radius 3 is 2.90 bits per heavy atom. The first kappa shape index (κ1) is 6.49. The molecule has 0 aliphatic rings. The van der Waals surface area contributed by atoms with Crippen molar-refractivity contribution in [3.8, 4) is 6.07 Å². The van der Waals surface area contributed by atoms with Crippen molar-refractivity contribution in [3.63, 3.8) is 0 Å². The van der Waals surface area contributed by atoms with Gasteiger partial charge in [0.25, 0.3) is 0 Å². The van der Waals surface area contributed by atoms with E-state index in [1.54, 1.807) is 6.92 Å². The number of hydrogen-bond donors (Lipinski definition) is 1. The SMILES string of the molecule is Cc1ncc(C#N)c(N)n1. The summed E-state index contributed by atoms with van der Waals surface area (Å²) in [7, 11) is 0. The van der Waals surface area contributed by atoms with E-state index in [1.807, 2.05) is 6.07 Å². The van der Waals surface area contributed by atoms with Gasteiger partial charge in [0, 0.05) is 0 Å². The van der Waals surface area contributed by atoms with Crippen LogP contribution in [0, 0.1) is 18.3 Å². The molecule has 0 fully saturated rings. The van der Waals surface area contributed by atoms with Crippen molar-refractivity contribution in [2.45, 2.75) is 6.92 Å². The van der Waals surface area contributed by atoms with Crippen molar-refractivity contribution in [1.29, 1.82) is 5.26 Å². The lowest BCUT2D eigenvalue weighted by Crippen LogP contribution is -1.97. The lowest BCUT2D eigenvalue weighted by Gasteiger charge is -1.94. The number of aryl methyl sites for hydroxylation is 1. The maximum atomic E-state index is 8.40. The van der Waals surface area contributed by atoms with Gasteiger partial charge in [-0.05, 0) is 6.92 Å². The minimum absolute atomic E-state index is 0.245. The van der Waals surface area contributed by atoms with E-state index >= 15 is 0 Å². The maximum Gasteiger partial charge on any atom is 0.145 e. The number of nitrogen functional groups attached to an aromatic ring is 1. The summed E-state index contributed by atoms with van der Waals surface area (Å²) in [6.45, 7) is 1.72. The number of anilines is 1. The van der Waals surface area contributed by atoms with Crippen LogP contribution in [0.25, 0.3) is 0 Å². The van der Waals surface area contributed by atoms with E-state index in [0.29, 0.717) is 11.4 Å². The predicted octanol–water partition coefficient (Wildman–Crippen LogP) is 0.239. The summed E-state index contributed by atoms with van der Waals surface area (Å²) >= 11 is 0. The molecule has 1 heterocycles. The molecule has 0 saturated carbocycles. The molecule has 0 aliphatic carbocycles. The van der Waals surface area contributed by atoms with E-state index in [1.165, 1.54) is 6.20 Å². The smallest absolute Gasteiger partial charge is 0.145 e. The summed E-state index contributed by atoms with van der Waals surface area (Å²) in [5.41, 5.74) is 5.68. The van der Waals surface area contributed by atoms with Gasteiger partial charge in [0.1, 0.15) is 23.3 Å². The lowest BCUT2D eigenvalue weighted by atomic mass is 10.3. The van der Waals surface area contributed by atoms with Gasteiger partial charge in [-0.2, -0.15) is 5.26 Å². The molecule has 4 heteroatoms. The van der Waals surface area contributed by atoms with Crippen LogP contribution >= 0.6 is 0 Å². The molecule has 1 aromatic rings. The van der Waals surface area contributed by atoms with Gasteiger partial charge in [0.05, 0.1) is 6.20 Å². The van der Waals surface area contributed by atoms with Crippen LogP contribution in [0.15, 0.2) is 6.20 Å². The van der Waals surface area contributed by atoms with E-state index in [4.69, 9.17) is 11.0 Å². The minimum Gasteiger partial charge on any atom is -0.382 e. The van der Waals surface area contributed by atoms with Gasteiger partial charge in [-0.15, -0.1) is 0 Å². The fourth-order valence-corrected chi connectivity index (χ4v) is 0.574. The van der Waals surface area contributed by atoms with Gasteiger partial charge in [-0.25, -0.2) is 9.97 Å². The lowest BCUT2D eigenvalue weighted by molar-refractivity contribution is 1.05. The fourth-order valence-electron chi connectivity index (χ4n) is 0.574. The molecular formula is C6H6N4. The van der Waals surface area contributed by atoms with Crippen LogP contribution in [0.2, 0.25) is 0 Å². The fraction of sp³-hybridized carbons (Fsp3) is 0.167. The Bertz CT molecular complexity index is 286. The van der Waals surface area contributed by atoms with Gasteiger partial charge in [0.2, 0.25) is 0 Å². The van der Waals surface area contributed by atoms with Crippen LogP contribution in [-0.4, -0.2) is 9.97 Å². The monoisotopic (exact) mass is 134 g/mol. The molecule has 0 bridgehead atoms. The van der Waals surface area contributed by atoms with Crippen molar-refractivity contribution in [2.75, 3.05) is 5.73 Å². The van der Waals surface area contributed by atoms with Crippen LogP contribution in [-0.2, 0) is 0 Å². The molecule has 0 aliphatic heterocycles. The van der Waals surface area contributed by atoms with Gasteiger partial charge < -0.3 is 5.73 Å². The number of aromatic nitrogens is 2. The van der Waals surface area contributed by atoms with Crippen LogP contribution < -0.4 is 5.73 Å². The van der Waals surface area contributed by atoms with Crippen LogP contribution in [0.3, 0.4) is 0 Å². The van der Waals surface area contributed by atoms with Crippen LogP contribution in [0.4, 0.5) is 5.82 Å². The third-order valence-electron chi connectivity index (χ3n) is 1.06. The average Bonchev–Trinajstić information content (AvgIpc) is 1.88. The Morgan fingerprint density at radius 1 is 1.70 bits per heavy atom. The topological polar surface area (TPSA) is 75.6 Å². The largest absolute Gasteiger partial charge is 0.382 e. The summed E-state index contributed by atoms with van der Waals surface area (Å²) in [6, 6.07) is 1.87. The highest BCUT2D eigenvalue weighted by Crippen LogP contribution is 2.03. The normalized spacial score (nSPS) is 8.80. The summed E-state index contributed by atoms with van der Waals surface area (Å²) in [5.74, 6) is 0.825. The quantitative estimate of drug-likeness (QED) is 0.551.